The first-order valence-corrected chi connectivity index (χ1v) is 29.3. The molecule has 10 radical (unpaired) electrons. The van der Waals surface area contributed by atoms with Crippen LogP contribution in [0.3, 0.4) is 0 Å². The van der Waals surface area contributed by atoms with Gasteiger partial charge >= 0.3 is 0 Å². The summed E-state index contributed by atoms with van der Waals surface area (Å²) in [6.07, 6.45) is -2.17. The summed E-state index contributed by atoms with van der Waals surface area (Å²) in [5.41, 5.74) is -0.537. The van der Waals surface area contributed by atoms with Crippen molar-refractivity contribution in [2.24, 2.45) is 87.8 Å². The minimum atomic E-state index is -0.997. The summed E-state index contributed by atoms with van der Waals surface area (Å²) < 4.78 is 27.9. The lowest BCUT2D eigenvalue weighted by molar-refractivity contribution is -0.210. The fraction of sp³-hybridized carbons (Fsp3) is 1.00. The van der Waals surface area contributed by atoms with E-state index < -0.39 is 60.0 Å². The second-order valence-electron chi connectivity index (χ2n) is 26.8. The van der Waals surface area contributed by atoms with Crippen molar-refractivity contribution < 1.29 is 64.5 Å². The van der Waals surface area contributed by atoms with Gasteiger partial charge in [0, 0.05) is 58.6 Å². The van der Waals surface area contributed by atoms with E-state index in [1.54, 1.807) is 0 Å². The molecule has 8 N–H and O–H groups in total. The van der Waals surface area contributed by atoms with E-state index in [0.29, 0.717) is 61.6 Å². The number of rotatable bonds is 13. The molecule has 0 spiro atoms. The summed E-state index contributed by atoms with van der Waals surface area (Å²) in [6.45, 7) is 42.9. The fourth-order valence-corrected chi connectivity index (χ4v) is 12.8. The Labute approximate surface area is 470 Å². The Hall–Kier alpha value is -0.195. The summed E-state index contributed by atoms with van der Waals surface area (Å²) in [5.74, 6) is 3.94. The van der Waals surface area contributed by atoms with Gasteiger partial charge in [-0.1, -0.05) is 138 Å². The molecule has 5 aliphatic rings. The van der Waals surface area contributed by atoms with E-state index in [0.717, 1.165) is 19.3 Å². The van der Waals surface area contributed by atoms with Gasteiger partial charge in [-0.15, -0.1) is 0 Å². The Morgan fingerprint density at radius 1 is 0.382 bits per heavy atom. The standard InChI is InChI=1S/2C12H23BO3.C12H23BO2.C11H21BO3.C11H21BO2/c2*1-6(2)5-8-9(7(3)4)10(14)11(15)12(13)16-8;1-7(2)5-10-12(8(3)4)9(14)6-11(13)15-10;1-6(2)11(7(3)4)5-15-10(12)8(13)9(11)14;1-7(2)11(8(3)4)6-14-10(12)5-9(11)13/h2*6-12,14-15H,5H2,1-4H3;7-12,14H,5-6H2,1-4H3;6-10,13-14H,5H2,1-4H3;7-10,13H,5-6H2,1-4H3. The van der Waals surface area contributed by atoms with Crippen LogP contribution in [0.25, 0.3) is 0 Å². The Balaban J connectivity index is 0.000000475. The molecule has 76 heavy (non-hydrogen) atoms. The highest BCUT2D eigenvalue weighted by Crippen LogP contribution is 2.46. The van der Waals surface area contributed by atoms with Crippen LogP contribution in [0.15, 0.2) is 0 Å². The highest BCUT2D eigenvalue weighted by molar-refractivity contribution is 6.12. The lowest BCUT2D eigenvalue weighted by Crippen LogP contribution is -2.61. The van der Waals surface area contributed by atoms with Crippen molar-refractivity contribution in [2.75, 3.05) is 13.2 Å². The summed E-state index contributed by atoms with van der Waals surface area (Å²) >= 11 is 0. The molecule has 19 atom stereocenters. The van der Waals surface area contributed by atoms with Gasteiger partial charge in [-0.2, -0.15) is 0 Å². The molecule has 0 aromatic carbocycles. The van der Waals surface area contributed by atoms with Crippen molar-refractivity contribution in [3.05, 3.63) is 0 Å². The van der Waals surface area contributed by atoms with Gasteiger partial charge in [0.1, 0.15) is 39.2 Å². The number of hydrogen-bond acceptors (Lipinski definition) is 13. The lowest BCUT2D eigenvalue weighted by atomic mass is 9.61. The molecule has 13 nitrogen and oxygen atoms in total. The van der Waals surface area contributed by atoms with Crippen LogP contribution in [0, 0.1) is 87.8 Å². The van der Waals surface area contributed by atoms with Crippen molar-refractivity contribution in [1.82, 2.24) is 0 Å². The van der Waals surface area contributed by atoms with Gasteiger partial charge < -0.3 is 64.5 Å². The Kier molecular flexibility index (Phi) is 32.2. The zero-order valence-corrected chi connectivity index (χ0v) is 51.2. The van der Waals surface area contributed by atoms with Gasteiger partial charge in [0.15, 0.2) is 0 Å². The van der Waals surface area contributed by atoms with E-state index in [1.807, 2.05) is 55.4 Å². The zero-order valence-electron chi connectivity index (χ0n) is 51.2. The molecule has 0 amide bonds. The molecule has 0 aromatic rings. The maximum absolute atomic E-state index is 10.2. The van der Waals surface area contributed by atoms with Crippen LogP contribution < -0.4 is 0 Å². The number of ether oxygens (including phenoxy) is 5. The summed E-state index contributed by atoms with van der Waals surface area (Å²) in [6, 6.07) is -2.90. The summed E-state index contributed by atoms with van der Waals surface area (Å²) in [5, 5.41) is 79.7. The predicted molar refractivity (Wildman–Crippen MR) is 309 cm³/mol. The average Bonchev–Trinajstić information content (AvgIpc) is 3.26. The van der Waals surface area contributed by atoms with Gasteiger partial charge in [-0.3, -0.25) is 0 Å². The third-order valence-corrected chi connectivity index (χ3v) is 17.5. The molecule has 5 fully saturated rings. The molecular weight excluding hydrogens is 959 g/mol. The van der Waals surface area contributed by atoms with Crippen LogP contribution in [0.1, 0.15) is 171 Å². The lowest BCUT2D eigenvalue weighted by Gasteiger charge is -2.51. The SMILES string of the molecule is [B]C1CC(O)C(C(C)C)(C(C)C)CO1.[B]C1CC(O)C(C(C)C)C(CC(C)C)O1.[B]C1OC(CC(C)C)C(C(C)C)C(O)C1O.[B]C1OC(CC(C)C)C(C(C)C)C(O)C1O.[B]C1OCC(C(C)C)(C(C)C)C(O)C1O. The first kappa shape index (κ1) is 73.8. The normalized spacial score (nSPS) is 37.6. The monoisotopic (exact) mass is 1070 g/mol. The van der Waals surface area contributed by atoms with Crippen LogP contribution in [0.5, 0.6) is 0 Å². The largest absolute Gasteiger partial charge is 0.393 e. The number of hydrogen-bond donors (Lipinski definition) is 8. The van der Waals surface area contributed by atoms with Gasteiger partial charge in [-0.05, 0) is 91.3 Å². The van der Waals surface area contributed by atoms with E-state index in [9.17, 15) is 40.9 Å². The summed E-state index contributed by atoms with van der Waals surface area (Å²) in [7, 11) is 28.3. The maximum Gasteiger partial charge on any atom is 0.112 e. The van der Waals surface area contributed by atoms with Gasteiger partial charge in [-0.25, -0.2) is 0 Å². The molecule has 0 bridgehead atoms. The van der Waals surface area contributed by atoms with Crippen molar-refractivity contribution in [2.45, 2.75) is 268 Å². The minimum absolute atomic E-state index is 0.0443. The van der Waals surface area contributed by atoms with Crippen LogP contribution in [-0.2, 0) is 23.7 Å². The molecule has 18 heteroatoms. The molecule has 5 saturated heterocycles. The van der Waals surface area contributed by atoms with Crippen LogP contribution in [0.2, 0.25) is 0 Å². The number of aliphatic hydroxyl groups is 8. The zero-order chi connectivity index (χ0) is 59.2. The molecule has 436 valence electrons. The molecule has 0 saturated carbocycles. The third-order valence-electron chi connectivity index (χ3n) is 17.5. The molecular formula is C58H111B5O13. The second kappa shape index (κ2) is 33.2. The third kappa shape index (κ3) is 20.0. The van der Waals surface area contributed by atoms with Crippen LogP contribution in [-0.4, -0.2) is 190 Å². The van der Waals surface area contributed by atoms with E-state index in [-0.39, 0.29) is 89.4 Å². The van der Waals surface area contributed by atoms with Crippen LogP contribution >= 0.6 is 0 Å². The van der Waals surface area contributed by atoms with Gasteiger partial charge in [0.2, 0.25) is 0 Å². The molecule has 0 aliphatic carbocycles. The van der Waals surface area contributed by atoms with E-state index in [1.165, 1.54) is 0 Å². The van der Waals surface area contributed by atoms with Crippen LogP contribution in [0.4, 0.5) is 0 Å². The van der Waals surface area contributed by atoms with Crippen molar-refractivity contribution in [1.29, 1.82) is 0 Å². The average molecular weight is 1070 g/mol. The second-order valence-corrected chi connectivity index (χ2v) is 26.8. The smallest absolute Gasteiger partial charge is 0.112 e. The Morgan fingerprint density at radius 2 is 0.724 bits per heavy atom. The first-order valence-electron chi connectivity index (χ1n) is 29.3. The Morgan fingerprint density at radius 3 is 1.04 bits per heavy atom. The molecule has 5 heterocycles. The fourth-order valence-electron chi connectivity index (χ4n) is 12.8. The van der Waals surface area contributed by atoms with Crippen molar-refractivity contribution in [3.8, 4) is 0 Å². The van der Waals surface area contributed by atoms with Gasteiger partial charge in [0.05, 0.1) is 80.4 Å². The predicted octanol–water partition coefficient (Wildman–Crippen LogP) is 5.88. The number of aliphatic hydroxyl groups excluding tert-OH is 8. The molecule has 0 aromatic heterocycles. The minimum Gasteiger partial charge on any atom is -0.393 e. The molecule has 19 unspecified atom stereocenters. The van der Waals surface area contributed by atoms with E-state index in [4.69, 9.17) is 62.9 Å². The summed E-state index contributed by atoms with van der Waals surface area (Å²) in [4.78, 5) is 0. The first-order chi connectivity index (χ1) is 34.8. The maximum atomic E-state index is 10.2. The molecule has 5 rings (SSSR count). The molecule has 5 aliphatic heterocycles. The highest BCUT2D eigenvalue weighted by atomic mass is 16.5. The quantitative estimate of drug-likeness (QED) is 0.102. The van der Waals surface area contributed by atoms with Crippen molar-refractivity contribution >= 4 is 39.2 Å². The topological polar surface area (TPSA) is 208 Å². The van der Waals surface area contributed by atoms with E-state index >= 15 is 0 Å². The highest BCUT2D eigenvalue weighted by Gasteiger charge is 2.52. The van der Waals surface area contributed by atoms with Gasteiger partial charge in [0.25, 0.3) is 0 Å². The van der Waals surface area contributed by atoms with E-state index in [2.05, 4.69) is 83.1 Å². The van der Waals surface area contributed by atoms with Crippen molar-refractivity contribution in [3.63, 3.8) is 0 Å². The Bertz CT molecular complexity index is 1500.